The van der Waals surface area contributed by atoms with Crippen LogP contribution in [-0.2, 0) is 9.53 Å². The van der Waals surface area contributed by atoms with Crippen molar-refractivity contribution in [3.05, 3.63) is 16.4 Å². The lowest BCUT2D eigenvalue weighted by atomic mass is 10.2. The molecule has 1 aliphatic rings. The first kappa shape index (κ1) is 9.46. The second-order valence-corrected chi connectivity index (χ2v) is 2.44. The largest absolute Gasteiger partial charge is 0.505 e. The maximum Gasteiger partial charge on any atom is 0.377 e. The Balaban J connectivity index is 2.75. The zero-order chi connectivity index (χ0) is 10.0. The quantitative estimate of drug-likeness (QED) is 0.402. The molecule has 0 aliphatic carbocycles. The highest BCUT2D eigenvalue weighted by molar-refractivity contribution is 5.89. The van der Waals surface area contributed by atoms with Gasteiger partial charge in [0.05, 0.1) is 0 Å². The van der Waals surface area contributed by atoms with Gasteiger partial charge in [0.25, 0.3) is 0 Å². The molecule has 0 aromatic rings. The fourth-order valence-corrected chi connectivity index (χ4v) is 0.899. The summed E-state index contributed by atoms with van der Waals surface area (Å²) in [6.07, 6.45) is -2.84. The first-order chi connectivity index (χ1) is 6.07. The van der Waals surface area contributed by atoms with Crippen molar-refractivity contribution >= 4 is 5.97 Å². The number of hydrogen-bond donors (Lipinski definition) is 3. The zero-order valence-corrected chi connectivity index (χ0v) is 6.38. The molecule has 0 amide bonds. The van der Waals surface area contributed by atoms with Crippen LogP contribution < -0.4 is 0 Å². The summed E-state index contributed by atoms with van der Waals surface area (Å²) >= 11 is 0. The minimum atomic E-state index is -1.44. The van der Waals surface area contributed by atoms with E-state index in [1.54, 1.807) is 0 Å². The highest BCUT2D eigenvalue weighted by Gasteiger charge is 2.39. The van der Waals surface area contributed by atoms with Gasteiger partial charge in [-0.15, -0.1) is 0 Å². The molecule has 1 unspecified atom stereocenters. The number of ether oxygens (including phenoxy) is 1. The molecule has 7 heteroatoms. The molecule has 0 fully saturated rings. The van der Waals surface area contributed by atoms with Crippen molar-refractivity contribution in [1.29, 1.82) is 0 Å². The van der Waals surface area contributed by atoms with Gasteiger partial charge in [-0.2, -0.15) is 4.91 Å². The molecule has 0 aromatic heterocycles. The lowest BCUT2D eigenvalue weighted by molar-refractivity contribution is -0.146. The second kappa shape index (κ2) is 3.40. The number of cyclic esters (lactones) is 1. The van der Waals surface area contributed by atoms with E-state index in [9.17, 15) is 9.70 Å². The van der Waals surface area contributed by atoms with Gasteiger partial charge in [-0.25, -0.2) is 4.79 Å². The molecule has 0 bridgehead atoms. The third-order valence-electron chi connectivity index (χ3n) is 1.55. The van der Waals surface area contributed by atoms with E-state index in [0.29, 0.717) is 0 Å². The van der Waals surface area contributed by atoms with Crippen molar-refractivity contribution in [1.82, 2.24) is 0 Å². The van der Waals surface area contributed by atoms with Crippen LogP contribution in [0.4, 0.5) is 0 Å². The number of esters is 1. The van der Waals surface area contributed by atoms with Gasteiger partial charge in [0.15, 0.2) is 11.9 Å². The number of rotatable bonds is 3. The Morgan fingerprint density at radius 3 is 2.54 bits per heavy atom. The summed E-state index contributed by atoms with van der Waals surface area (Å²) in [5.74, 6) is -2.86. The lowest BCUT2D eigenvalue weighted by Gasteiger charge is -2.13. The summed E-state index contributed by atoms with van der Waals surface area (Å²) in [6, 6.07) is 0. The van der Waals surface area contributed by atoms with Gasteiger partial charge >= 0.3 is 5.97 Å². The standard InChI is InChI=1S/C6H7NO6/c8-2(1-7-12)5-3(9)4(10)6(11)13-5/h2,5,8-10H,1H2/t2-,5?/m0/s1. The fraction of sp³-hybridized carbons (Fsp3) is 0.500. The van der Waals surface area contributed by atoms with Crippen LogP contribution in [0.5, 0.6) is 0 Å². The first-order valence-corrected chi connectivity index (χ1v) is 3.38. The Labute approximate surface area is 72.2 Å². The number of nitroso groups, excluding NO2 is 1. The van der Waals surface area contributed by atoms with Gasteiger partial charge < -0.3 is 20.1 Å². The van der Waals surface area contributed by atoms with Crippen molar-refractivity contribution in [2.75, 3.05) is 6.54 Å². The van der Waals surface area contributed by atoms with Crippen LogP contribution in [0.15, 0.2) is 16.7 Å². The van der Waals surface area contributed by atoms with E-state index in [2.05, 4.69) is 9.91 Å². The molecular formula is C6H7NO6. The first-order valence-electron chi connectivity index (χ1n) is 3.38. The van der Waals surface area contributed by atoms with Crippen molar-refractivity contribution in [2.45, 2.75) is 12.2 Å². The van der Waals surface area contributed by atoms with E-state index < -0.39 is 36.2 Å². The van der Waals surface area contributed by atoms with Crippen LogP contribution in [0.1, 0.15) is 0 Å². The minimum Gasteiger partial charge on any atom is -0.505 e. The van der Waals surface area contributed by atoms with Gasteiger partial charge in [0.1, 0.15) is 12.6 Å². The number of aliphatic hydroxyl groups is 3. The molecule has 7 nitrogen and oxygen atoms in total. The highest BCUT2D eigenvalue weighted by Crippen LogP contribution is 2.21. The zero-order valence-electron chi connectivity index (χ0n) is 6.38. The third-order valence-corrected chi connectivity index (χ3v) is 1.55. The molecule has 0 saturated heterocycles. The normalized spacial score (nSPS) is 24.4. The average molecular weight is 189 g/mol. The number of carbonyl (C=O) groups excluding carboxylic acids is 1. The third kappa shape index (κ3) is 1.59. The molecule has 3 N–H and O–H groups in total. The van der Waals surface area contributed by atoms with E-state index in [0.717, 1.165) is 0 Å². The maximum absolute atomic E-state index is 10.6. The molecule has 13 heavy (non-hydrogen) atoms. The van der Waals surface area contributed by atoms with Gasteiger partial charge in [-0.3, -0.25) is 0 Å². The summed E-state index contributed by atoms with van der Waals surface area (Å²) in [5.41, 5.74) is 0. The molecular weight excluding hydrogens is 182 g/mol. The summed E-state index contributed by atoms with van der Waals surface area (Å²) in [4.78, 5) is 20.3. The number of carbonyl (C=O) groups is 1. The van der Waals surface area contributed by atoms with E-state index in [4.69, 9.17) is 15.3 Å². The van der Waals surface area contributed by atoms with Crippen LogP contribution in [0.2, 0.25) is 0 Å². The van der Waals surface area contributed by atoms with Crippen LogP contribution in [0.3, 0.4) is 0 Å². The Bertz CT molecular complexity index is 272. The van der Waals surface area contributed by atoms with Crippen LogP contribution in [0.25, 0.3) is 0 Å². The van der Waals surface area contributed by atoms with Crippen molar-refractivity contribution in [3.63, 3.8) is 0 Å². The van der Waals surface area contributed by atoms with Crippen molar-refractivity contribution in [2.24, 2.45) is 5.18 Å². The smallest absolute Gasteiger partial charge is 0.377 e. The van der Waals surface area contributed by atoms with Gasteiger partial charge in [-0.1, -0.05) is 5.18 Å². The van der Waals surface area contributed by atoms with Crippen molar-refractivity contribution in [3.8, 4) is 0 Å². The number of nitrogens with zero attached hydrogens (tertiary/aromatic N) is 1. The van der Waals surface area contributed by atoms with Gasteiger partial charge in [0.2, 0.25) is 5.76 Å². The Hall–Kier alpha value is -1.63. The topological polar surface area (TPSA) is 116 Å². The van der Waals surface area contributed by atoms with E-state index >= 15 is 0 Å². The monoisotopic (exact) mass is 189 g/mol. The predicted molar refractivity (Wildman–Crippen MR) is 38.8 cm³/mol. The van der Waals surface area contributed by atoms with E-state index in [-0.39, 0.29) is 0 Å². The lowest BCUT2D eigenvalue weighted by Crippen LogP contribution is -2.30. The summed E-state index contributed by atoms with van der Waals surface area (Å²) in [7, 11) is 0. The Kier molecular flexibility index (Phi) is 2.47. The highest BCUT2D eigenvalue weighted by atomic mass is 16.6. The maximum atomic E-state index is 10.6. The molecule has 0 saturated carbocycles. The van der Waals surface area contributed by atoms with E-state index in [1.807, 2.05) is 0 Å². The molecule has 72 valence electrons. The summed E-state index contributed by atoms with van der Waals surface area (Å²) < 4.78 is 4.34. The fourth-order valence-electron chi connectivity index (χ4n) is 0.899. The SMILES string of the molecule is O=NC[C@H](O)C1OC(=O)C(O)=C1O. The number of hydrogen-bond acceptors (Lipinski definition) is 7. The molecule has 0 aromatic carbocycles. The minimum absolute atomic E-state index is 0.532. The van der Waals surface area contributed by atoms with Crippen LogP contribution >= 0.6 is 0 Å². The Morgan fingerprint density at radius 2 is 2.15 bits per heavy atom. The van der Waals surface area contributed by atoms with Crippen molar-refractivity contribution < 1.29 is 24.9 Å². The molecule has 0 radical (unpaired) electrons. The second-order valence-electron chi connectivity index (χ2n) is 2.44. The molecule has 0 spiro atoms. The van der Waals surface area contributed by atoms with Gasteiger partial charge in [0, 0.05) is 0 Å². The molecule has 1 aliphatic heterocycles. The van der Waals surface area contributed by atoms with E-state index in [1.165, 1.54) is 0 Å². The van der Waals surface area contributed by atoms with Crippen LogP contribution in [-0.4, -0.2) is 40.0 Å². The Morgan fingerprint density at radius 1 is 1.54 bits per heavy atom. The molecule has 1 rings (SSSR count). The van der Waals surface area contributed by atoms with Gasteiger partial charge in [-0.05, 0) is 0 Å². The summed E-state index contributed by atoms with van der Waals surface area (Å²) in [5, 5.41) is 29.2. The number of aliphatic hydroxyl groups excluding tert-OH is 3. The molecule has 1 heterocycles. The summed E-state index contributed by atoms with van der Waals surface area (Å²) in [6.45, 7) is -0.532. The van der Waals surface area contributed by atoms with Crippen LogP contribution in [0, 0.1) is 4.91 Å². The predicted octanol–water partition coefficient (Wildman–Crippen LogP) is -0.633. The molecule has 2 atom stereocenters. The average Bonchev–Trinajstić information content (AvgIpc) is 2.33.